The van der Waals surface area contributed by atoms with Gasteiger partial charge in [-0.15, -0.1) is 0 Å². The molecule has 5 nitrogen and oxygen atoms in total. The van der Waals surface area contributed by atoms with Crippen molar-refractivity contribution in [3.05, 3.63) is 94.5 Å². The number of amides is 1. The van der Waals surface area contributed by atoms with Crippen molar-refractivity contribution >= 4 is 44.2 Å². The van der Waals surface area contributed by atoms with E-state index >= 15 is 0 Å². The number of hydrogen-bond acceptors (Lipinski definition) is 5. The smallest absolute Gasteiger partial charge is 0.229 e. The third-order valence-electron chi connectivity index (χ3n) is 6.96. The molecule has 2 heterocycles. The fraction of sp³-hybridized carbons (Fsp3) is 0.333. The molecule has 3 aromatic carbocycles. The summed E-state index contributed by atoms with van der Waals surface area (Å²) < 4.78 is 6.43. The van der Waals surface area contributed by atoms with E-state index in [2.05, 4.69) is 29.2 Å². The van der Waals surface area contributed by atoms with Crippen molar-refractivity contribution in [3.63, 3.8) is 0 Å². The van der Waals surface area contributed by atoms with E-state index < -0.39 is 0 Å². The third kappa shape index (κ3) is 6.21. The molecule has 1 amide bonds. The fourth-order valence-electron chi connectivity index (χ4n) is 4.89. The van der Waals surface area contributed by atoms with E-state index in [1.165, 1.54) is 11.3 Å². The lowest BCUT2D eigenvalue weighted by atomic mass is 9.88. The Morgan fingerprint density at radius 2 is 1.68 bits per heavy atom. The topological polar surface area (TPSA) is 45.7 Å². The number of carbonyl (C=O) groups excluding carboxylic acids is 1. The Hall–Kier alpha value is -2.77. The molecule has 1 saturated heterocycles. The van der Waals surface area contributed by atoms with E-state index in [1.54, 1.807) is 0 Å². The van der Waals surface area contributed by atoms with Crippen LogP contribution in [0.4, 0.5) is 5.13 Å². The Morgan fingerprint density at radius 3 is 2.30 bits per heavy atom. The van der Waals surface area contributed by atoms with Gasteiger partial charge in [0.05, 0.1) is 28.5 Å². The molecule has 1 fully saturated rings. The highest BCUT2D eigenvalue weighted by molar-refractivity contribution is 7.23. The number of aromatic nitrogens is 1. The zero-order chi connectivity index (χ0) is 25.6. The summed E-state index contributed by atoms with van der Waals surface area (Å²) >= 11 is 8.03. The van der Waals surface area contributed by atoms with Crippen LogP contribution in [0.2, 0.25) is 5.02 Å². The molecular formula is C30H32ClN3O2S. The second kappa shape index (κ2) is 12.2. The van der Waals surface area contributed by atoms with Crippen LogP contribution in [0.1, 0.15) is 35.4 Å². The Labute approximate surface area is 227 Å². The van der Waals surface area contributed by atoms with Crippen molar-refractivity contribution in [2.45, 2.75) is 25.7 Å². The highest BCUT2D eigenvalue weighted by Crippen LogP contribution is 2.37. The van der Waals surface area contributed by atoms with Crippen LogP contribution in [0.25, 0.3) is 10.2 Å². The lowest BCUT2D eigenvalue weighted by molar-refractivity contribution is -0.118. The minimum absolute atomic E-state index is 0.0312. The first-order valence-corrected chi connectivity index (χ1v) is 14.1. The number of anilines is 1. The minimum Gasteiger partial charge on any atom is -0.379 e. The summed E-state index contributed by atoms with van der Waals surface area (Å²) in [5.74, 6) is 0.0452. The van der Waals surface area contributed by atoms with E-state index in [9.17, 15) is 4.79 Å². The maximum atomic E-state index is 14.1. The van der Waals surface area contributed by atoms with E-state index in [0.717, 1.165) is 71.3 Å². The van der Waals surface area contributed by atoms with Crippen LogP contribution >= 0.6 is 22.9 Å². The molecular weight excluding hydrogens is 502 g/mol. The molecule has 0 spiro atoms. The van der Waals surface area contributed by atoms with Crippen LogP contribution in [0, 0.1) is 6.92 Å². The number of hydrogen-bond donors (Lipinski definition) is 0. The highest BCUT2D eigenvalue weighted by atomic mass is 35.5. The quantitative estimate of drug-likeness (QED) is 0.245. The first-order chi connectivity index (χ1) is 18.1. The Kier molecular flexibility index (Phi) is 8.52. The first kappa shape index (κ1) is 25.9. The molecule has 5 rings (SSSR count). The van der Waals surface area contributed by atoms with Crippen molar-refractivity contribution in [1.82, 2.24) is 9.88 Å². The number of ether oxygens (including phenoxy) is 1. The molecule has 0 N–H and O–H groups in total. The number of halogens is 1. The van der Waals surface area contributed by atoms with E-state index in [1.807, 2.05) is 60.4 Å². The number of fused-ring (bicyclic) bond motifs is 1. The molecule has 0 unspecified atom stereocenters. The molecule has 0 atom stereocenters. The molecule has 0 bridgehead atoms. The molecule has 0 radical (unpaired) electrons. The van der Waals surface area contributed by atoms with Crippen LogP contribution in [-0.4, -0.2) is 55.2 Å². The molecule has 7 heteroatoms. The lowest BCUT2D eigenvalue weighted by Gasteiger charge is -2.28. The standard InChI is InChI=1S/C30H32ClN3O2S/c1-22-13-14-26(31)29-28(22)32-30(37-29)34(16-8-15-33-17-19-36-20-18-33)27(35)21-25(23-9-4-2-5-10-23)24-11-6-3-7-12-24/h2-7,9-14,25H,8,15-21H2,1H3. The van der Waals surface area contributed by atoms with Crippen LogP contribution in [0.15, 0.2) is 72.8 Å². The van der Waals surface area contributed by atoms with Crippen LogP contribution < -0.4 is 4.90 Å². The molecule has 192 valence electrons. The fourth-order valence-corrected chi connectivity index (χ4v) is 6.25. The van der Waals surface area contributed by atoms with Gasteiger partial charge in [-0.25, -0.2) is 4.98 Å². The number of nitrogens with zero attached hydrogens (tertiary/aromatic N) is 3. The average Bonchev–Trinajstić information content (AvgIpc) is 3.40. The van der Waals surface area contributed by atoms with Gasteiger partial charge in [-0.1, -0.05) is 89.7 Å². The number of aryl methyl sites for hydroxylation is 1. The van der Waals surface area contributed by atoms with Gasteiger partial charge in [-0.05, 0) is 36.1 Å². The van der Waals surface area contributed by atoms with E-state index in [0.29, 0.717) is 18.0 Å². The summed E-state index contributed by atoms with van der Waals surface area (Å²) in [7, 11) is 0. The van der Waals surface area contributed by atoms with Crippen molar-refractivity contribution in [2.24, 2.45) is 0 Å². The zero-order valence-corrected chi connectivity index (χ0v) is 22.7. The van der Waals surface area contributed by atoms with Gasteiger partial charge in [0.2, 0.25) is 5.91 Å². The first-order valence-electron chi connectivity index (χ1n) is 12.9. The number of rotatable bonds is 9. The number of morpholine rings is 1. The summed E-state index contributed by atoms with van der Waals surface area (Å²) in [6, 6.07) is 24.5. The van der Waals surface area contributed by atoms with Crippen LogP contribution in [0.3, 0.4) is 0 Å². The molecule has 1 aliphatic heterocycles. The zero-order valence-electron chi connectivity index (χ0n) is 21.1. The lowest BCUT2D eigenvalue weighted by Crippen LogP contribution is -2.39. The maximum Gasteiger partial charge on any atom is 0.229 e. The van der Waals surface area contributed by atoms with Gasteiger partial charge >= 0.3 is 0 Å². The Bertz CT molecular complexity index is 1240. The van der Waals surface area contributed by atoms with Crippen LogP contribution in [-0.2, 0) is 9.53 Å². The number of benzene rings is 3. The predicted molar refractivity (Wildman–Crippen MR) is 153 cm³/mol. The summed E-state index contributed by atoms with van der Waals surface area (Å²) in [5, 5.41) is 1.40. The van der Waals surface area contributed by atoms with E-state index in [4.69, 9.17) is 21.3 Å². The highest BCUT2D eigenvalue weighted by Gasteiger charge is 2.26. The van der Waals surface area contributed by atoms with Crippen molar-refractivity contribution < 1.29 is 9.53 Å². The second-order valence-electron chi connectivity index (χ2n) is 9.47. The largest absolute Gasteiger partial charge is 0.379 e. The normalized spacial score (nSPS) is 14.4. The maximum absolute atomic E-state index is 14.1. The molecule has 0 saturated carbocycles. The third-order valence-corrected chi connectivity index (χ3v) is 8.50. The van der Waals surface area contributed by atoms with Gasteiger partial charge in [0.1, 0.15) is 0 Å². The van der Waals surface area contributed by atoms with Gasteiger partial charge in [0.25, 0.3) is 0 Å². The average molecular weight is 534 g/mol. The SMILES string of the molecule is Cc1ccc(Cl)c2sc(N(CCCN3CCOCC3)C(=O)CC(c3ccccc3)c3ccccc3)nc12. The van der Waals surface area contributed by atoms with E-state index in [-0.39, 0.29) is 11.8 Å². The summed E-state index contributed by atoms with van der Waals surface area (Å²) in [6.45, 7) is 7.00. The minimum atomic E-state index is -0.0312. The molecule has 1 aromatic heterocycles. The molecule has 37 heavy (non-hydrogen) atoms. The van der Waals surface area contributed by atoms with Gasteiger partial charge in [-0.2, -0.15) is 0 Å². The van der Waals surface area contributed by atoms with Crippen molar-refractivity contribution in [3.8, 4) is 0 Å². The van der Waals surface area contributed by atoms with Crippen molar-refractivity contribution in [1.29, 1.82) is 0 Å². The van der Waals surface area contributed by atoms with Gasteiger partial charge in [-0.3, -0.25) is 14.6 Å². The van der Waals surface area contributed by atoms with Crippen molar-refractivity contribution in [2.75, 3.05) is 44.3 Å². The van der Waals surface area contributed by atoms with Crippen LogP contribution in [0.5, 0.6) is 0 Å². The summed E-state index contributed by atoms with van der Waals surface area (Å²) in [4.78, 5) is 23.3. The molecule has 4 aromatic rings. The molecule has 0 aliphatic carbocycles. The van der Waals surface area contributed by atoms with Gasteiger partial charge in [0.15, 0.2) is 5.13 Å². The van der Waals surface area contributed by atoms with Gasteiger partial charge in [0, 0.05) is 38.5 Å². The predicted octanol–water partition coefficient (Wildman–Crippen LogP) is 6.54. The summed E-state index contributed by atoms with van der Waals surface area (Å²) in [6.07, 6.45) is 1.24. The number of carbonyl (C=O) groups is 1. The van der Waals surface area contributed by atoms with Gasteiger partial charge < -0.3 is 4.74 Å². The Balaban J connectivity index is 1.43. The molecule has 1 aliphatic rings. The monoisotopic (exact) mass is 533 g/mol. The Morgan fingerprint density at radius 1 is 1.03 bits per heavy atom. The summed E-state index contributed by atoms with van der Waals surface area (Å²) in [5.41, 5.74) is 4.22. The second-order valence-corrected chi connectivity index (χ2v) is 10.9. The number of thiazole rings is 1.